The van der Waals surface area contributed by atoms with Crippen molar-refractivity contribution in [1.29, 1.82) is 0 Å². The highest BCUT2D eigenvalue weighted by Crippen LogP contribution is 2.30. The number of nitrogens with one attached hydrogen (secondary N) is 1. The molecular formula is C24H21F3N4O2S. The van der Waals surface area contributed by atoms with Crippen LogP contribution >= 0.6 is 0 Å². The molecule has 0 atom stereocenters. The van der Waals surface area contributed by atoms with Gasteiger partial charge in [0.15, 0.2) is 0 Å². The van der Waals surface area contributed by atoms with E-state index in [-0.39, 0.29) is 11.3 Å². The van der Waals surface area contributed by atoms with Crippen molar-refractivity contribution in [1.82, 2.24) is 19.3 Å². The number of sulfonamides is 1. The van der Waals surface area contributed by atoms with Gasteiger partial charge in [-0.05, 0) is 42.4 Å². The Morgan fingerprint density at radius 1 is 1.00 bits per heavy atom. The van der Waals surface area contributed by atoms with Crippen molar-refractivity contribution >= 4 is 10.0 Å². The van der Waals surface area contributed by atoms with Gasteiger partial charge in [0.25, 0.3) is 0 Å². The quantitative estimate of drug-likeness (QED) is 0.417. The SMILES string of the molecule is CNS(=O)(=O)c1ccc(Cc2ccc(C(F)(F)F)cn2)c(-c2cn(Cc3ccccc3)cn2)c1. The molecule has 176 valence electrons. The molecule has 0 aliphatic rings. The molecule has 0 radical (unpaired) electrons. The predicted molar refractivity (Wildman–Crippen MR) is 121 cm³/mol. The van der Waals surface area contributed by atoms with Gasteiger partial charge in [-0.2, -0.15) is 13.2 Å². The number of nitrogens with zero attached hydrogens (tertiary/aromatic N) is 3. The lowest BCUT2D eigenvalue weighted by Gasteiger charge is -2.12. The second-order valence-corrected chi connectivity index (χ2v) is 9.54. The molecule has 0 fully saturated rings. The topological polar surface area (TPSA) is 76.9 Å². The standard InChI is InChI=1S/C24H21F3N4O2S/c1-28-34(32,33)21-10-7-18(11-20-9-8-19(13-29-20)24(25,26)27)22(12-21)23-15-31(16-30-23)14-17-5-3-2-4-6-17/h2-10,12-13,15-16,28H,11,14H2,1H3. The van der Waals surface area contributed by atoms with Crippen LogP contribution < -0.4 is 4.72 Å². The molecule has 0 aliphatic heterocycles. The van der Waals surface area contributed by atoms with Crippen LogP contribution in [0.2, 0.25) is 0 Å². The zero-order chi connectivity index (χ0) is 24.3. The van der Waals surface area contributed by atoms with Crippen LogP contribution in [-0.2, 0) is 29.2 Å². The molecule has 0 spiro atoms. The first kappa shape index (κ1) is 23.7. The first-order chi connectivity index (χ1) is 16.2. The summed E-state index contributed by atoms with van der Waals surface area (Å²) in [5.41, 5.74) is 2.46. The van der Waals surface area contributed by atoms with Crippen LogP contribution in [0.15, 0.2) is 84.3 Å². The van der Waals surface area contributed by atoms with Gasteiger partial charge < -0.3 is 4.57 Å². The van der Waals surface area contributed by atoms with Crippen molar-refractivity contribution in [3.8, 4) is 11.3 Å². The zero-order valence-corrected chi connectivity index (χ0v) is 18.9. The fraction of sp³-hybridized carbons (Fsp3) is 0.167. The van der Waals surface area contributed by atoms with Crippen LogP contribution in [0.5, 0.6) is 0 Å². The van der Waals surface area contributed by atoms with Gasteiger partial charge in [0.2, 0.25) is 10.0 Å². The molecule has 0 unspecified atom stereocenters. The normalized spacial score (nSPS) is 12.1. The minimum atomic E-state index is -4.47. The Morgan fingerprint density at radius 3 is 2.41 bits per heavy atom. The summed E-state index contributed by atoms with van der Waals surface area (Å²) in [6.07, 6.45) is -0.00270. The molecule has 0 aliphatic carbocycles. The van der Waals surface area contributed by atoms with Gasteiger partial charge in [0.05, 0.1) is 22.5 Å². The first-order valence-electron chi connectivity index (χ1n) is 10.3. The van der Waals surface area contributed by atoms with Crippen LogP contribution in [0.25, 0.3) is 11.3 Å². The van der Waals surface area contributed by atoms with E-state index in [1.807, 2.05) is 41.1 Å². The Balaban J connectivity index is 1.70. The summed E-state index contributed by atoms with van der Waals surface area (Å²) in [5.74, 6) is 0. The monoisotopic (exact) mass is 486 g/mol. The molecule has 10 heteroatoms. The van der Waals surface area contributed by atoms with Gasteiger partial charge in [0.1, 0.15) is 0 Å². The van der Waals surface area contributed by atoms with E-state index in [0.717, 1.165) is 17.8 Å². The lowest BCUT2D eigenvalue weighted by molar-refractivity contribution is -0.137. The van der Waals surface area contributed by atoms with Crippen LogP contribution in [0, 0.1) is 0 Å². The molecule has 2 aromatic heterocycles. The molecule has 1 N–H and O–H groups in total. The smallest absolute Gasteiger partial charge is 0.332 e. The summed E-state index contributed by atoms with van der Waals surface area (Å²) in [7, 11) is -2.38. The van der Waals surface area contributed by atoms with E-state index in [9.17, 15) is 21.6 Å². The fourth-order valence-electron chi connectivity index (χ4n) is 3.50. The Morgan fingerprint density at radius 2 is 1.76 bits per heavy atom. The van der Waals surface area contributed by atoms with Gasteiger partial charge in [-0.15, -0.1) is 0 Å². The van der Waals surface area contributed by atoms with Crippen LogP contribution in [0.3, 0.4) is 0 Å². The largest absolute Gasteiger partial charge is 0.417 e. The summed E-state index contributed by atoms with van der Waals surface area (Å²) in [5, 5.41) is 0. The third kappa shape index (κ3) is 5.35. The number of rotatable bonds is 7. The summed E-state index contributed by atoms with van der Waals surface area (Å²) in [6.45, 7) is 0.581. The Hall–Kier alpha value is -3.50. The average molecular weight is 487 g/mol. The maximum absolute atomic E-state index is 12.9. The predicted octanol–water partition coefficient (Wildman–Crippen LogP) is 4.51. The first-order valence-corrected chi connectivity index (χ1v) is 11.8. The second kappa shape index (κ2) is 9.40. The molecule has 34 heavy (non-hydrogen) atoms. The van der Waals surface area contributed by atoms with E-state index in [4.69, 9.17) is 0 Å². The van der Waals surface area contributed by atoms with Crippen LogP contribution in [0.4, 0.5) is 13.2 Å². The molecule has 4 rings (SSSR count). The van der Waals surface area contributed by atoms with Crippen LogP contribution in [0.1, 0.15) is 22.4 Å². The molecule has 2 aromatic carbocycles. The minimum absolute atomic E-state index is 0.0618. The summed E-state index contributed by atoms with van der Waals surface area (Å²) >= 11 is 0. The van der Waals surface area contributed by atoms with Gasteiger partial charge in [-0.3, -0.25) is 4.98 Å². The van der Waals surface area contributed by atoms with E-state index < -0.39 is 21.8 Å². The van der Waals surface area contributed by atoms with Crippen molar-refractivity contribution in [3.63, 3.8) is 0 Å². The van der Waals surface area contributed by atoms with E-state index >= 15 is 0 Å². The molecule has 4 aromatic rings. The third-order valence-corrected chi connectivity index (χ3v) is 6.71. The van der Waals surface area contributed by atoms with E-state index in [2.05, 4.69) is 14.7 Å². The maximum Gasteiger partial charge on any atom is 0.417 e. The molecule has 6 nitrogen and oxygen atoms in total. The van der Waals surface area contributed by atoms with Gasteiger partial charge in [-0.1, -0.05) is 36.4 Å². The number of aromatic nitrogens is 3. The number of alkyl halides is 3. The molecule has 0 amide bonds. The number of halogens is 3. The molecular weight excluding hydrogens is 465 g/mol. The second-order valence-electron chi connectivity index (χ2n) is 7.66. The van der Waals surface area contributed by atoms with Crippen molar-refractivity contribution in [2.75, 3.05) is 7.05 Å². The Labute approximate surface area is 195 Å². The molecule has 0 saturated carbocycles. The third-order valence-electron chi connectivity index (χ3n) is 5.30. The minimum Gasteiger partial charge on any atom is -0.332 e. The highest BCUT2D eigenvalue weighted by molar-refractivity contribution is 7.89. The van der Waals surface area contributed by atoms with E-state index in [1.165, 1.54) is 25.2 Å². The summed E-state index contributed by atoms with van der Waals surface area (Å²) < 4.78 is 67.5. The Kier molecular flexibility index (Phi) is 6.54. The lowest BCUT2D eigenvalue weighted by Crippen LogP contribution is -2.18. The van der Waals surface area contributed by atoms with Gasteiger partial charge in [0, 0.05) is 36.6 Å². The maximum atomic E-state index is 12.9. The number of hydrogen-bond donors (Lipinski definition) is 1. The van der Waals surface area contributed by atoms with Gasteiger partial charge >= 0.3 is 6.18 Å². The highest BCUT2D eigenvalue weighted by atomic mass is 32.2. The van der Waals surface area contributed by atoms with Crippen molar-refractivity contribution in [2.45, 2.75) is 24.0 Å². The van der Waals surface area contributed by atoms with Crippen molar-refractivity contribution < 1.29 is 21.6 Å². The zero-order valence-electron chi connectivity index (χ0n) is 18.1. The van der Waals surface area contributed by atoms with Crippen molar-refractivity contribution in [3.05, 3.63) is 102 Å². The number of hydrogen-bond acceptors (Lipinski definition) is 4. The van der Waals surface area contributed by atoms with E-state index in [0.29, 0.717) is 29.1 Å². The summed E-state index contributed by atoms with van der Waals surface area (Å²) in [4.78, 5) is 8.47. The lowest BCUT2D eigenvalue weighted by atomic mass is 10.00. The molecule has 0 saturated heterocycles. The summed E-state index contributed by atoms with van der Waals surface area (Å²) in [6, 6.07) is 16.7. The number of pyridine rings is 1. The van der Waals surface area contributed by atoms with Crippen molar-refractivity contribution in [2.24, 2.45) is 0 Å². The molecule has 2 heterocycles. The van der Waals surface area contributed by atoms with Crippen LogP contribution in [-0.4, -0.2) is 30.0 Å². The Bertz CT molecular complexity index is 1380. The van der Waals surface area contributed by atoms with E-state index in [1.54, 1.807) is 12.4 Å². The number of imidazole rings is 1. The highest BCUT2D eigenvalue weighted by Gasteiger charge is 2.30. The molecule has 0 bridgehead atoms. The fourth-order valence-corrected chi connectivity index (χ4v) is 4.26. The van der Waals surface area contributed by atoms with Gasteiger partial charge in [-0.25, -0.2) is 18.1 Å². The average Bonchev–Trinajstić information content (AvgIpc) is 3.28. The number of benzene rings is 2.